The lowest BCUT2D eigenvalue weighted by atomic mass is 10.0. The third kappa shape index (κ3) is 4.51. The Balaban J connectivity index is 1.83. The van der Waals surface area contributed by atoms with E-state index in [1.165, 1.54) is 0 Å². The maximum Gasteiger partial charge on any atom is 0.252 e. The second-order valence-corrected chi connectivity index (χ2v) is 6.36. The Morgan fingerprint density at radius 3 is 2.04 bits per heavy atom. The maximum absolute atomic E-state index is 12.9. The van der Waals surface area contributed by atoms with Crippen molar-refractivity contribution in [3.63, 3.8) is 0 Å². The summed E-state index contributed by atoms with van der Waals surface area (Å²) in [6.45, 7) is 1.84. The predicted molar refractivity (Wildman–Crippen MR) is 109 cm³/mol. The Hall–Kier alpha value is -3.73. The molecule has 0 heterocycles. The van der Waals surface area contributed by atoms with E-state index < -0.39 is 11.9 Å². The predicted octanol–water partition coefficient (Wildman–Crippen LogP) is 3.61. The molecule has 3 aromatic carbocycles. The molecule has 0 spiro atoms. The molecule has 0 aromatic heterocycles. The van der Waals surface area contributed by atoms with Gasteiger partial charge in [0, 0.05) is 11.1 Å². The Morgan fingerprint density at radius 2 is 1.39 bits per heavy atom. The Kier molecular flexibility index (Phi) is 5.97. The van der Waals surface area contributed by atoms with Gasteiger partial charge in [0.1, 0.15) is 11.9 Å². The van der Waals surface area contributed by atoms with Crippen LogP contribution in [0.4, 0.5) is 0 Å². The van der Waals surface area contributed by atoms with Gasteiger partial charge in [-0.15, -0.1) is 0 Å². The molecule has 0 saturated carbocycles. The van der Waals surface area contributed by atoms with Crippen molar-refractivity contribution in [2.24, 2.45) is 0 Å². The molecule has 140 valence electrons. The van der Waals surface area contributed by atoms with E-state index >= 15 is 0 Å². The zero-order chi connectivity index (χ0) is 19.9. The van der Waals surface area contributed by atoms with Crippen molar-refractivity contribution in [3.8, 4) is 0 Å². The zero-order valence-corrected chi connectivity index (χ0v) is 15.5. The summed E-state index contributed by atoms with van der Waals surface area (Å²) in [5.41, 5.74) is 2.56. The fourth-order valence-corrected chi connectivity index (χ4v) is 2.85. The van der Waals surface area contributed by atoms with Crippen molar-refractivity contribution in [1.29, 1.82) is 5.41 Å². The number of carbonyl (C=O) groups excluding carboxylic acids is 2. The first-order valence-electron chi connectivity index (χ1n) is 8.92. The number of nitrogens with one attached hydrogen (secondary N) is 3. The van der Waals surface area contributed by atoms with E-state index in [4.69, 9.17) is 5.41 Å². The maximum atomic E-state index is 12.9. The summed E-state index contributed by atoms with van der Waals surface area (Å²) >= 11 is 0. The van der Waals surface area contributed by atoms with Crippen molar-refractivity contribution in [3.05, 3.63) is 107 Å². The number of amidine groups is 1. The molecule has 1 atom stereocenters. The Morgan fingerprint density at radius 1 is 0.821 bits per heavy atom. The second-order valence-electron chi connectivity index (χ2n) is 6.36. The lowest BCUT2D eigenvalue weighted by Gasteiger charge is -2.20. The van der Waals surface area contributed by atoms with Crippen molar-refractivity contribution >= 4 is 17.6 Å². The monoisotopic (exact) mass is 371 g/mol. The van der Waals surface area contributed by atoms with Crippen LogP contribution in [0.3, 0.4) is 0 Å². The number of benzene rings is 3. The van der Waals surface area contributed by atoms with Gasteiger partial charge in [-0.05, 0) is 24.1 Å². The van der Waals surface area contributed by atoms with Crippen LogP contribution < -0.4 is 10.6 Å². The van der Waals surface area contributed by atoms with Gasteiger partial charge in [-0.1, -0.05) is 78.9 Å². The zero-order valence-electron chi connectivity index (χ0n) is 15.5. The molecule has 0 aliphatic carbocycles. The van der Waals surface area contributed by atoms with Crippen LogP contribution in [0.25, 0.3) is 0 Å². The molecule has 28 heavy (non-hydrogen) atoms. The minimum absolute atomic E-state index is 0.0170. The molecular weight excluding hydrogens is 350 g/mol. The fourth-order valence-electron chi connectivity index (χ4n) is 2.85. The average molecular weight is 371 g/mol. The Labute approximate surface area is 163 Å². The standard InChI is InChI=1S/C23H21N3O2/c1-16-10-8-9-15-19(16)22(27)25-20(17-11-4-2-5-12-17)23(28)26-21(24)18-13-6-3-7-14-18/h2-15,20H,1H3,(H,25,27)(H2,24,26,28). The summed E-state index contributed by atoms with van der Waals surface area (Å²) in [4.78, 5) is 25.7. The van der Waals surface area contributed by atoms with Crippen LogP contribution in [-0.2, 0) is 4.79 Å². The summed E-state index contributed by atoms with van der Waals surface area (Å²) in [6.07, 6.45) is 0. The largest absolute Gasteiger partial charge is 0.336 e. The number of hydrogen-bond acceptors (Lipinski definition) is 3. The molecule has 5 nitrogen and oxygen atoms in total. The number of amides is 2. The highest BCUT2D eigenvalue weighted by molar-refractivity contribution is 6.09. The summed E-state index contributed by atoms with van der Waals surface area (Å²) in [7, 11) is 0. The van der Waals surface area contributed by atoms with E-state index in [0.717, 1.165) is 5.56 Å². The molecule has 0 bridgehead atoms. The quantitative estimate of drug-likeness (QED) is 0.473. The van der Waals surface area contributed by atoms with Crippen LogP contribution in [0.2, 0.25) is 0 Å². The van der Waals surface area contributed by atoms with Gasteiger partial charge in [0.2, 0.25) is 0 Å². The number of rotatable bonds is 5. The first-order valence-corrected chi connectivity index (χ1v) is 8.92. The summed E-state index contributed by atoms with van der Waals surface area (Å²) in [5.74, 6) is -0.827. The molecule has 0 aliphatic rings. The van der Waals surface area contributed by atoms with Gasteiger partial charge in [-0.3, -0.25) is 15.0 Å². The summed E-state index contributed by atoms with van der Waals surface area (Å²) < 4.78 is 0. The van der Waals surface area contributed by atoms with Gasteiger partial charge < -0.3 is 10.6 Å². The van der Waals surface area contributed by atoms with Gasteiger partial charge in [-0.25, -0.2) is 0 Å². The number of carbonyl (C=O) groups is 2. The summed E-state index contributed by atoms with van der Waals surface area (Å²) in [5, 5.41) is 13.5. The normalized spacial score (nSPS) is 11.3. The van der Waals surface area contributed by atoms with E-state index in [1.807, 2.05) is 31.2 Å². The van der Waals surface area contributed by atoms with E-state index in [-0.39, 0.29) is 11.7 Å². The van der Waals surface area contributed by atoms with Crippen LogP contribution in [0.5, 0.6) is 0 Å². The molecule has 5 heteroatoms. The van der Waals surface area contributed by atoms with Crippen LogP contribution in [0.15, 0.2) is 84.9 Å². The first kappa shape index (κ1) is 19.0. The number of hydrogen-bond donors (Lipinski definition) is 3. The molecule has 1 unspecified atom stereocenters. The van der Waals surface area contributed by atoms with Crippen molar-refractivity contribution in [2.45, 2.75) is 13.0 Å². The van der Waals surface area contributed by atoms with Gasteiger partial charge >= 0.3 is 0 Å². The second kappa shape index (κ2) is 8.77. The van der Waals surface area contributed by atoms with Crippen molar-refractivity contribution in [1.82, 2.24) is 10.6 Å². The molecule has 2 amide bonds. The van der Waals surface area contributed by atoms with E-state index in [0.29, 0.717) is 16.7 Å². The van der Waals surface area contributed by atoms with Gasteiger partial charge in [0.15, 0.2) is 0 Å². The molecule has 3 N–H and O–H groups in total. The molecule has 0 aliphatic heterocycles. The van der Waals surface area contributed by atoms with Gasteiger partial charge in [0.05, 0.1) is 0 Å². The molecular formula is C23H21N3O2. The van der Waals surface area contributed by atoms with Gasteiger partial charge in [-0.2, -0.15) is 0 Å². The highest BCUT2D eigenvalue weighted by Gasteiger charge is 2.24. The topological polar surface area (TPSA) is 82.1 Å². The average Bonchev–Trinajstić information content (AvgIpc) is 2.73. The van der Waals surface area contributed by atoms with Crippen LogP contribution >= 0.6 is 0 Å². The van der Waals surface area contributed by atoms with Crippen LogP contribution in [0, 0.1) is 12.3 Å². The lowest BCUT2D eigenvalue weighted by Crippen LogP contribution is -2.42. The summed E-state index contributed by atoms with van der Waals surface area (Å²) in [6, 6.07) is 24.2. The highest BCUT2D eigenvalue weighted by atomic mass is 16.2. The third-order valence-electron chi connectivity index (χ3n) is 4.37. The number of aryl methyl sites for hydroxylation is 1. The van der Waals surface area contributed by atoms with Gasteiger partial charge in [0.25, 0.3) is 11.8 Å². The Bertz CT molecular complexity index is 985. The smallest absolute Gasteiger partial charge is 0.252 e. The van der Waals surface area contributed by atoms with Crippen molar-refractivity contribution in [2.75, 3.05) is 0 Å². The van der Waals surface area contributed by atoms with E-state index in [2.05, 4.69) is 10.6 Å². The molecule has 0 radical (unpaired) electrons. The van der Waals surface area contributed by atoms with E-state index in [9.17, 15) is 9.59 Å². The van der Waals surface area contributed by atoms with Crippen LogP contribution in [0.1, 0.15) is 33.1 Å². The van der Waals surface area contributed by atoms with Crippen LogP contribution in [-0.4, -0.2) is 17.6 Å². The van der Waals surface area contributed by atoms with Crippen molar-refractivity contribution < 1.29 is 9.59 Å². The SMILES string of the molecule is Cc1ccccc1C(=O)NC(C(=O)NC(=N)c1ccccc1)c1ccccc1. The molecule has 3 aromatic rings. The lowest BCUT2D eigenvalue weighted by molar-refractivity contribution is -0.121. The first-order chi connectivity index (χ1) is 13.6. The highest BCUT2D eigenvalue weighted by Crippen LogP contribution is 2.16. The molecule has 3 rings (SSSR count). The minimum atomic E-state index is -0.919. The molecule has 0 saturated heterocycles. The van der Waals surface area contributed by atoms with E-state index in [1.54, 1.807) is 60.7 Å². The molecule has 0 fully saturated rings. The minimum Gasteiger partial charge on any atom is -0.336 e. The fraction of sp³-hybridized carbons (Fsp3) is 0.0870. The third-order valence-corrected chi connectivity index (χ3v) is 4.37.